The van der Waals surface area contributed by atoms with Gasteiger partial charge in [-0.15, -0.1) is 0 Å². The van der Waals surface area contributed by atoms with Gasteiger partial charge in [0.25, 0.3) is 0 Å². The molecule has 96 valence electrons. The predicted octanol–water partition coefficient (Wildman–Crippen LogP) is 0.196. The van der Waals surface area contributed by atoms with Crippen molar-refractivity contribution in [3.8, 4) is 5.75 Å². The standard InChI is InChI=1S/C13H16N2O3/c1-18-11-4-2-10(3-5-11)8-13(17)15-7-6-14-12(16)9-15/h2-5H,6-9H2,1H3,(H,14,16). The van der Waals surface area contributed by atoms with E-state index in [1.165, 1.54) is 0 Å². The monoisotopic (exact) mass is 248 g/mol. The quantitative estimate of drug-likeness (QED) is 0.831. The van der Waals surface area contributed by atoms with Gasteiger partial charge >= 0.3 is 0 Å². The molecule has 1 aliphatic heterocycles. The van der Waals surface area contributed by atoms with Crippen molar-refractivity contribution < 1.29 is 14.3 Å². The number of rotatable bonds is 3. The minimum atomic E-state index is -0.0932. The van der Waals surface area contributed by atoms with E-state index in [2.05, 4.69) is 5.32 Å². The molecule has 0 spiro atoms. The Morgan fingerprint density at radius 2 is 2.11 bits per heavy atom. The van der Waals surface area contributed by atoms with E-state index in [0.29, 0.717) is 19.5 Å². The number of piperazine rings is 1. The van der Waals surface area contributed by atoms with Crippen molar-refractivity contribution in [3.05, 3.63) is 29.8 Å². The minimum absolute atomic E-state index is 0.0185. The van der Waals surface area contributed by atoms with Gasteiger partial charge in [-0.1, -0.05) is 12.1 Å². The lowest BCUT2D eigenvalue weighted by molar-refractivity contribution is -0.137. The summed E-state index contributed by atoms with van der Waals surface area (Å²) < 4.78 is 5.06. The van der Waals surface area contributed by atoms with Crippen LogP contribution in [0.1, 0.15) is 5.56 Å². The number of hydrogen-bond acceptors (Lipinski definition) is 3. The Kier molecular flexibility index (Phi) is 3.82. The maximum Gasteiger partial charge on any atom is 0.239 e. The van der Waals surface area contributed by atoms with Gasteiger partial charge < -0.3 is 15.0 Å². The molecule has 1 saturated heterocycles. The van der Waals surface area contributed by atoms with E-state index >= 15 is 0 Å². The summed E-state index contributed by atoms with van der Waals surface area (Å²) in [4.78, 5) is 24.8. The number of benzene rings is 1. The minimum Gasteiger partial charge on any atom is -0.497 e. The van der Waals surface area contributed by atoms with Gasteiger partial charge in [-0.25, -0.2) is 0 Å². The highest BCUT2D eigenvalue weighted by molar-refractivity contribution is 5.86. The zero-order valence-corrected chi connectivity index (χ0v) is 10.3. The number of nitrogens with one attached hydrogen (secondary N) is 1. The fourth-order valence-corrected chi connectivity index (χ4v) is 1.88. The summed E-state index contributed by atoms with van der Waals surface area (Å²) in [5.41, 5.74) is 0.923. The Balaban J connectivity index is 1.95. The fourth-order valence-electron chi connectivity index (χ4n) is 1.88. The van der Waals surface area contributed by atoms with E-state index in [1.807, 2.05) is 24.3 Å². The average Bonchev–Trinajstić information content (AvgIpc) is 2.39. The van der Waals surface area contributed by atoms with Crippen molar-refractivity contribution in [2.45, 2.75) is 6.42 Å². The Morgan fingerprint density at radius 1 is 1.39 bits per heavy atom. The molecule has 1 aliphatic rings. The first kappa shape index (κ1) is 12.4. The van der Waals surface area contributed by atoms with Crippen LogP contribution in [-0.2, 0) is 16.0 Å². The zero-order chi connectivity index (χ0) is 13.0. The lowest BCUT2D eigenvalue weighted by atomic mass is 10.1. The molecule has 1 fully saturated rings. The van der Waals surface area contributed by atoms with Crippen molar-refractivity contribution in [2.75, 3.05) is 26.7 Å². The van der Waals surface area contributed by atoms with E-state index < -0.39 is 0 Å². The second-order valence-corrected chi connectivity index (χ2v) is 4.19. The number of hydrogen-bond donors (Lipinski definition) is 1. The van der Waals surface area contributed by atoms with Crippen LogP contribution in [0.3, 0.4) is 0 Å². The summed E-state index contributed by atoms with van der Waals surface area (Å²) in [7, 11) is 1.60. The average molecular weight is 248 g/mol. The second-order valence-electron chi connectivity index (χ2n) is 4.19. The van der Waals surface area contributed by atoms with E-state index in [4.69, 9.17) is 4.74 Å². The second kappa shape index (κ2) is 5.53. The number of methoxy groups -OCH3 is 1. The van der Waals surface area contributed by atoms with Crippen molar-refractivity contribution in [1.82, 2.24) is 10.2 Å². The summed E-state index contributed by atoms with van der Waals surface area (Å²) in [5, 5.41) is 2.70. The highest BCUT2D eigenvalue weighted by Gasteiger charge is 2.20. The summed E-state index contributed by atoms with van der Waals surface area (Å²) in [6, 6.07) is 7.37. The largest absolute Gasteiger partial charge is 0.497 e. The molecule has 5 nitrogen and oxygen atoms in total. The Bertz CT molecular complexity index is 442. The molecule has 2 rings (SSSR count). The highest BCUT2D eigenvalue weighted by Crippen LogP contribution is 2.12. The highest BCUT2D eigenvalue weighted by atomic mass is 16.5. The van der Waals surface area contributed by atoms with Crippen LogP contribution in [0.15, 0.2) is 24.3 Å². The van der Waals surface area contributed by atoms with Crippen LogP contribution in [0, 0.1) is 0 Å². The molecule has 1 aromatic carbocycles. The maximum atomic E-state index is 12.0. The summed E-state index contributed by atoms with van der Waals surface area (Å²) in [6.07, 6.45) is 0.317. The van der Waals surface area contributed by atoms with E-state index in [1.54, 1.807) is 12.0 Å². The first-order valence-electron chi connectivity index (χ1n) is 5.86. The molecular formula is C13H16N2O3. The number of ether oxygens (including phenoxy) is 1. The SMILES string of the molecule is COc1ccc(CC(=O)N2CCNC(=O)C2)cc1. The lowest BCUT2D eigenvalue weighted by Gasteiger charge is -2.26. The van der Waals surface area contributed by atoms with Crippen LogP contribution < -0.4 is 10.1 Å². The fraction of sp³-hybridized carbons (Fsp3) is 0.385. The molecule has 2 amide bonds. The molecule has 1 heterocycles. The smallest absolute Gasteiger partial charge is 0.239 e. The molecule has 5 heteroatoms. The molecule has 0 atom stereocenters. The zero-order valence-electron chi connectivity index (χ0n) is 10.3. The molecular weight excluding hydrogens is 232 g/mol. The molecule has 0 unspecified atom stereocenters. The first-order chi connectivity index (χ1) is 8.69. The third-order valence-corrected chi connectivity index (χ3v) is 2.91. The molecule has 1 N–H and O–H groups in total. The molecule has 0 bridgehead atoms. The van der Waals surface area contributed by atoms with Crippen LogP contribution in [0.2, 0.25) is 0 Å². The van der Waals surface area contributed by atoms with Gasteiger partial charge in [0.1, 0.15) is 5.75 Å². The summed E-state index contributed by atoms with van der Waals surface area (Å²) in [6.45, 7) is 1.28. The van der Waals surface area contributed by atoms with Gasteiger partial charge in [0, 0.05) is 13.1 Å². The summed E-state index contributed by atoms with van der Waals surface area (Å²) >= 11 is 0. The first-order valence-corrected chi connectivity index (χ1v) is 5.86. The van der Waals surface area contributed by atoms with E-state index in [-0.39, 0.29) is 18.4 Å². The third-order valence-electron chi connectivity index (χ3n) is 2.91. The van der Waals surface area contributed by atoms with Crippen LogP contribution in [0.5, 0.6) is 5.75 Å². The van der Waals surface area contributed by atoms with Crippen molar-refractivity contribution in [1.29, 1.82) is 0 Å². The van der Waals surface area contributed by atoms with E-state index in [0.717, 1.165) is 11.3 Å². The van der Waals surface area contributed by atoms with Crippen molar-refractivity contribution in [2.24, 2.45) is 0 Å². The van der Waals surface area contributed by atoms with Gasteiger partial charge in [-0.05, 0) is 17.7 Å². The molecule has 1 aromatic rings. The van der Waals surface area contributed by atoms with Crippen LogP contribution >= 0.6 is 0 Å². The van der Waals surface area contributed by atoms with Crippen molar-refractivity contribution >= 4 is 11.8 Å². The predicted molar refractivity (Wildman–Crippen MR) is 66.3 cm³/mol. The lowest BCUT2D eigenvalue weighted by Crippen LogP contribution is -2.50. The normalized spacial score (nSPS) is 15.2. The topological polar surface area (TPSA) is 58.6 Å². The number of amides is 2. The van der Waals surface area contributed by atoms with Gasteiger partial charge in [0.05, 0.1) is 20.1 Å². The van der Waals surface area contributed by atoms with Crippen molar-refractivity contribution in [3.63, 3.8) is 0 Å². The van der Waals surface area contributed by atoms with E-state index in [9.17, 15) is 9.59 Å². The molecule has 0 radical (unpaired) electrons. The number of carbonyl (C=O) groups is 2. The van der Waals surface area contributed by atoms with Crippen LogP contribution in [0.4, 0.5) is 0 Å². The molecule has 0 aromatic heterocycles. The molecule has 0 aliphatic carbocycles. The summed E-state index contributed by atoms with van der Waals surface area (Å²) in [5.74, 6) is 0.655. The number of nitrogens with zero attached hydrogens (tertiary/aromatic N) is 1. The maximum absolute atomic E-state index is 12.0. The molecule has 0 saturated carbocycles. The Labute approximate surface area is 106 Å². The van der Waals surface area contributed by atoms with Crippen LogP contribution in [-0.4, -0.2) is 43.5 Å². The van der Waals surface area contributed by atoms with Gasteiger partial charge in [0.15, 0.2) is 0 Å². The Morgan fingerprint density at radius 3 is 2.72 bits per heavy atom. The van der Waals surface area contributed by atoms with Gasteiger partial charge in [-0.3, -0.25) is 9.59 Å². The van der Waals surface area contributed by atoms with Crippen LogP contribution in [0.25, 0.3) is 0 Å². The third kappa shape index (κ3) is 3.00. The van der Waals surface area contributed by atoms with Gasteiger partial charge in [-0.2, -0.15) is 0 Å². The van der Waals surface area contributed by atoms with Gasteiger partial charge in [0.2, 0.25) is 11.8 Å². The number of carbonyl (C=O) groups excluding carboxylic acids is 2. The Hall–Kier alpha value is -2.04. The molecule has 18 heavy (non-hydrogen) atoms.